The molecule has 3 aromatic rings. The first-order valence-corrected chi connectivity index (χ1v) is 8.84. The summed E-state index contributed by atoms with van der Waals surface area (Å²) in [6, 6.07) is 6.63. The number of alkyl halides is 3. The Balaban J connectivity index is 1.99. The minimum atomic E-state index is -4.82. The average molecular weight is 444 g/mol. The van der Waals surface area contributed by atoms with E-state index in [1.54, 1.807) is 0 Å². The van der Waals surface area contributed by atoms with Crippen LogP contribution < -0.4 is 4.74 Å². The van der Waals surface area contributed by atoms with Crippen LogP contribution in [0.5, 0.6) is 11.6 Å². The molecule has 3 rings (SSSR count). The fraction of sp³-hybridized carbons (Fsp3) is 0.211. The van der Waals surface area contributed by atoms with Gasteiger partial charge in [0.25, 0.3) is 0 Å². The van der Waals surface area contributed by atoms with Gasteiger partial charge in [0.1, 0.15) is 11.9 Å². The number of pyridine rings is 1. The van der Waals surface area contributed by atoms with Crippen molar-refractivity contribution in [2.24, 2.45) is 0 Å². The van der Waals surface area contributed by atoms with Crippen molar-refractivity contribution in [3.63, 3.8) is 0 Å². The molecule has 0 saturated heterocycles. The molecule has 0 amide bonds. The van der Waals surface area contributed by atoms with E-state index < -0.39 is 41.9 Å². The van der Waals surface area contributed by atoms with Crippen molar-refractivity contribution in [2.75, 3.05) is 0 Å². The van der Waals surface area contributed by atoms with E-state index in [-0.39, 0.29) is 11.6 Å². The van der Waals surface area contributed by atoms with Crippen LogP contribution in [0.3, 0.4) is 0 Å². The van der Waals surface area contributed by atoms with Crippen LogP contribution in [0.2, 0.25) is 5.02 Å². The Morgan fingerprint density at radius 1 is 1.23 bits per heavy atom. The summed E-state index contributed by atoms with van der Waals surface area (Å²) in [5.74, 6) is -1.74. The molecule has 0 saturated carbocycles. The number of halogens is 5. The molecule has 2 aromatic heterocycles. The van der Waals surface area contributed by atoms with Crippen LogP contribution in [0.1, 0.15) is 24.2 Å². The molecule has 0 bridgehead atoms. The number of carbonyl (C=O) groups excluding carboxylic acids is 1. The standard InChI is InChI=1S/C19H14ClF4N3O3/c1-11(28)29-16(9-27-10-25-8-17(27)21)14-7-26-18(6-15(14)19(22,23)24)30-13-4-2-12(20)3-5-13/h2-8,10,16H,9H2,1H3. The maximum atomic E-state index is 13.7. The van der Waals surface area contributed by atoms with Gasteiger partial charge in [-0.15, -0.1) is 0 Å². The summed E-state index contributed by atoms with van der Waals surface area (Å²) in [5, 5.41) is 0.428. The van der Waals surface area contributed by atoms with Crippen molar-refractivity contribution in [3.8, 4) is 11.6 Å². The maximum Gasteiger partial charge on any atom is 0.417 e. The minimum Gasteiger partial charge on any atom is -0.456 e. The lowest BCUT2D eigenvalue weighted by Gasteiger charge is -2.22. The molecule has 0 aliphatic carbocycles. The van der Waals surface area contributed by atoms with Crippen molar-refractivity contribution in [1.82, 2.24) is 14.5 Å². The summed E-state index contributed by atoms with van der Waals surface area (Å²) in [6.45, 7) is 0.615. The van der Waals surface area contributed by atoms with Gasteiger partial charge in [0.05, 0.1) is 24.6 Å². The lowest BCUT2D eigenvalue weighted by molar-refractivity contribution is -0.151. The monoisotopic (exact) mass is 443 g/mol. The summed E-state index contributed by atoms with van der Waals surface area (Å²) in [4.78, 5) is 18.9. The number of carbonyl (C=O) groups is 1. The SMILES string of the molecule is CC(=O)OC(Cn1cncc1F)c1cnc(Oc2ccc(Cl)cc2)cc1C(F)(F)F. The molecule has 0 spiro atoms. The van der Waals surface area contributed by atoms with E-state index in [2.05, 4.69) is 9.97 Å². The van der Waals surface area contributed by atoms with Crippen LogP contribution in [-0.2, 0) is 22.3 Å². The predicted molar refractivity (Wildman–Crippen MR) is 97.5 cm³/mol. The van der Waals surface area contributed by atoms with Crippen LogP contribution in [0.25, 0.3) is 0 Å². The van der Waals surface area contributed by atoms with Gasteiger partial charge in [-0.05, 0) is 24.3 Å². The van der Waals surface area contributed by atoms with Crippen molar-refractivity contribution < 1.29 is 31.8 Å². The van der Waals surface area contributed by atoms with Gasteiger partial charge in [-0.25, -0.2) is 9.97 Å². The molecule has 1 atom stereocenters. The number of rotatable bonds is 6. The molecule has 6 nitrogen and oxygen atoms in total. The van der Waals surface area contributed by atoms with Crippen molar-refractivity contribution in [2.45, 2.75) is 25.7 Å². The molecular formula is C19H14ClF4N3O3. The van der Waals surface area contributed by atoms with Gasteiger partial charge in [-0.3, -0.25) is 4.79 Å². The number of hydrogen-bond acceptors (Lipinski definition) is 5. The first kappa shape index (κ1) is 21.6. The number of ether oxygens (including phenoxy) is 2. The van der Waals surface area contributed by atoms with Gasteiger partial charge in [-0.1, -0.05) is 11.6 Å². The Bertz CT molecular complexity index is 1040. The second kappa shape index (κ2) is 8.70. The van der Waals surface area contributed by atoms with Crippen LogP contribution in [0.4, 0.5) is 17.6 Å². The highest BCUT2D eigenvalue weighted by Gasteiger charge is 2.37. The van der Waals surface area contributed by atoms with E-state index in [9.17, 15) is 22.4 Å². The second-order valence-corrected chi connectivity index (χ2v) is 6.57. The first-order valence-electron chi connectivity index (χ1n) is 8.47. The lowest BCUT2D eigenvalue weighted by Crippen LogP contribution is -2.20. The third kappa shape index (κ3) is 5.26. The van der Waals surface area contributed by atoms with Crippen LogP contribution >= 0.6 is 11.6 Å². The number of benzene rings is 1. The van der Waals surface area contributed by atoms with E-state index in [1.165, 1.54) is 24.3 Å². The fourth-order valence-corrected chi connectivity index (χ4v) is 2.77. The number of imidazole rings is 1. The first-order chi connectivity index (χ1) is 14.1. The Hall–Kier alpha value is -3.14. The Labute approximate surface area is 173 Å². The van der Waals surface area contributed by atoms with Gasteiger partial charge in [0, 0.05) is 29.8 Å². The van der Waals surface area contributed by atoms with Crippen LogP contribution in [0.15, 0.2) is 49.1 Å². The van der Waals surface area contributed by atoms with E-state index in [1.807, 2.05) is 0 Å². The van der Waals surface area contributed by atoms with Gasteiger partial charge >= 0.3 is 12.1 Å². The smallest absolute Gasteiger partial charge is 0.417 e. The summed E-state index contributed by atoms with van der Waals surface area (Å²) in [6.07, 6.45) is -3.43. The maximum absolute atomic E-state index is 13.7. The van der Waals surface area contributed by atoms with Crippen LogP contribution in [-0.4, -0.2) is 20.5 Å². The molecule has 0 fully saturated rings. The molecule has 0 aliphatic rings. The van der Waals surface area contributed by atoms with E-state index in [0.29, 0.717) is 11.1 Å². The number of esters is 1. The molecule has 2 heterocycles. The van der Waals surface area contributed by atoms with E-state index in [0.717, 1.165) is 30.2 Å². The van der Waals surface area contributed by atoms with Crippen LogP contribution in [0, 0.1) is 5.95 Å². The summed E-state index contributed by atoms with van der Waals surface area (Å²) < 4.78 is 66.3. The lowest BCUT2D eigenvalue weighted by atomic mass is 10.0. The van der Waals surface area contributed by atoms with Gasteiger partial charge < -0.3 is 14.0 Å². The molecule has 11 heteroatoms. The van der Waals surface area contributed by atoms with E-state index in [4.69, 9.17) is 21.1 Å². The Morgan fingerprint density at radius 3 is 2.50 bits per heavy atom. The third-order valence-corrected chi connectivity index (χ3v) is 4.18. The minimum absolute atomic E-state index is 0.227. The quantitative estimate of drug-likeness (QED) is 0.387. The predicted octanol–water partition coefficient (Wildman–Crippen LogP) is 5.19. The van der Waals surface area contributed by atoms with Gasteiger partial charge in [0.15, 0.2) is 0 Å². The topological polar surface area (TPSA) is 66.2 Å². The largest absolute Gasteiger partial charge is 0.456 e. The molecule has 1 unspecified atom stereocenters. The zero-order chi connectivity index (χ0) is 21.9. The summed E-state index contributed by atoms with van der Waals surface area (Å²) >= 11 is 5.77. The highest BCUT2D eigenvalue weighted by molar-refractivity contribution is 6.30. The number of nitrogens with zero attached hydrogens (tertiary/aromatic N) is 3. The normalized spacial score (nSPS) is 12.5. The highest BCUT2D eigenvalue weighted by atomic mass is 35.5. The summed E-state index contributed by atoms with van der Waals surface area (Å²) in [7, 11) is 0. The number of aromatic nitrogens is 3. The van der Waals surface area contributed by atoms with Crippen molar-refractivity contribution in [1.29, 1.82) is 0 Å². The van der Waals surface area contributed by atoms with Crippen molar-refractivity contribution >= 4 is 17.6 Å². The van der Waals surface area contributed by atoms with Gasteiger partial charge in [0.2, 0.25) is 11.8 Å². The van der Waals surface area contributed by atoms with Crippen molar-refractivity contribution in [3.05, 3.63) is 71.2 Å². The number of hydrogen-bond donors (Lipinski definition) is 0. The van der Waals surface area contributed by atoms with Gasteiger partial charge in [-0.2, -0.15) is 17.6 Å². The molecular weight excluding hydrogens is 430 g/mol. The molecule has 30 heavy (non-hydrogen) atoms. The molecule has 0 N–H and O–H groups in total. The zero-order valence-electron chi connectivity index (χ0n) is 15.4. The average Bonchev–Trinajstić information content (AvgIpc) is 3.07. The molecule has 0 aliphatic heterocycles. The zero-order valence-corrected chi connectivity index (χ0v) is 16.1. The molecule has 158 valence electrons. The summed E-state index contributed by atoms with van der Waals surface area (Å²) in [5.41, 5.74) is -1.58. The molecule has 1 aromatic carbocycles. The Morgan fingerprint density at radius 2 is 1.93 bits per heavy atom. The Kier molecular flexibility index (Phi) is 6.25. The third-order valence-electron chi connectivity index (χ3n) is 3.93. The van der Waals surface area contributed by atoms with E-state index >= 15 is 0 Å². The fourth-order valence-electron chi connectivity index (χ4n) is 2.65. The molecule has 0 radical (unpaired) electrons. The highest BCUT2D eigenvalue weighted by Crippen LogP contribution is 2.38. The second-order valence-electron chi connectivity index (χ2n) is 6.13.